The number of aromatic nitrogens is 1. The van der Waals surface area contributed by atoms with Crippen molar-refractivity contribution in [1.29, 1.82) is 0 Å². The van der Waals surface area contributed by atoms with E-state index in [0.29, 0.717) is 28.7 Å². The molecule has 0 saturated heterocycles. The summed E-state index contributed by atoms with van der Waals surface area (Å²) < 4.78 is 5.04. The molecule has 0 saturated carbocycles. The lowest BCUT2D eigenvalue weighted by molar-refractivity contribution is 0.257. The van der Waals surface area contributed by atoms with Gasteiger partial charge in [0.15, 0.2) is 5.76 Å². The van der Waals surface area contributed by atoms with Crippen LogP contribution in [0.1, 0.15) is 17.0 Å². The Balaban J connectivity index is 1.86. The lowest BCUT2D eigenvalue weighted by Gasteiger charge is -2.18. The van der Waals surface area contributed by atoms with E-state index in [9.17, 15) is 4.79 Å². The number of urea groups is 1. The standard InChI is InChI=1S/C14H14ClN3O2/c1-8-13(9(2)20-17-8)16-14(19)18-7-6-10-11(15)4-3-5-12(10)18/h3-5H,6-7H2,1-2H3,(H,16,19). The molecule has 1 aromatic heterocycles. The number of hydrogen-bond donors (Lipinski definition) is 1. The van der Waals surface area contributed by atoms with Crippen molar-refractivity contribution in [3.63, 3.8) is 0 Å². The number of hydrogen-bond acceptors (Lipinski definition) is 3. The molecule has 2 amide bonds. The molecule has 6 heteroatoms. The molecule has 0 unspecified atom stereocenters. The van der Waals surface area contributed by atoms with Gasteiger partial charge in [0.05, 0.1) is 5.69 Å². The van der Waals surface area contributed by atoms with E-state index in [-0.39, 0.29) is 6.03 Å². The van der Waals surface area contributed by atoms with Crippen LogP contribution in [0.2, 0.25) is 5.02 Å². The van der Waals surface area contributed by atoms with Crippen LogP contribution in [0.4, 0.5) is 16.2 Å². The van der Waals surface area contributed by atoms with E-state index >= 15 is 0 Å². The Morgan fingerprint density at radius 3 is 2.95 bits per heavy atom. The third-order valence-corrected chi connectivity index (χ3v) is 3.83. The maximum atomic E-state index is 12.4. The first-order valence-corrected chi connectivity index (χ1v) is 6.74. The first-order chi connectivity index (χ1) is 9.58. The second kappa shape index (κ2) is 4.83. The van der Waals surface area contributed by atoms with E-state index in [1.807, 2.05) is 18.2 Å². The van der Waals surface area contributed by atoms with Crippen molar-refractivity contribution in [2.75, 3.05) is 16.8 Å². The number of fused-ring (bicyclic) bond motifs is 1. The summed E-state index contributed by atoms with van der Waals surface area (Å²) in [5, 5.41) is 7.38. The zero-order valence-corrected chi connectivity index (χ0v) is 12.0. The number of amides is 2. The number of halogens is 1. The number of nitrogens with one attached hydrogen (secondary N) is 1. The summed E-state index contributed by atoms with van der Waals surface area (Å²) in [5.74, 6) is 0.598. The highest BCUT2D eigenvalue weighted by Crippen LogP contribution is 2.33. The highest BCUT2D eigenvalue weighted by Gasteiger charge is 2.27. The molecule has 20 heavy (non-hydrogen) atoms. The monoisotopic (exact) mass is 291 g/mol. The lowest BCUT2D eigenvalue weighted by Crippen LogP contribution is -2.33. The molecular formula is C14H14ClN3O2. The normalized spacial score (nSPS) is 13.4. The van der Waals surface area contributed by atoms with Gasteiger partial charge in [0.2, 0.25) is 0 Å². The second-order valence-electron chi connectivity index (χ2n) is 4.77. The van der Waals surface area contributed by atoms with Crippen LogP contribution < -0.4 is 10.2 Å². The molecule has 0 fully saturated rings. The fourth-order valence-corrected chi connectivity index (χ4v) is 2.70. The van der Waals surface area contributed by atoms with Gasteiger partial charge in [0.25, 0.3) is 0 Å². The average Bonchev–Trinajstić information content (AvgIpc) is 2.98. The van der Waals surface area contributed by atoms with Crippen LogP contribution in [-0.4, -0.2) is 17.7 Å². The molecule has 1 aliphatic heterocycles. The van der Waals surface area contributed by atoms with Crippen molar-refractivity contribution in [2.45, 2.75) is 20.3 Å². The summed E-state index contributed by atoms with van der Waals surface area (Å²) in [4.78, 5) is 14.1. The lowest BCUT2D eigenvalue weighted by atomic mass is 10.2. The number of anilines is 2. The number of rotatable bonds is 1. The molecule has 104 valence electrons. The number of aryl methyl sites for hydroxylation is 2. The van der Waals surface area contributed by atoms with Crippen LogP contribution in [0, 0.1) is 13.8 Å². The van der Waals surface area contributed by atoms with Gasteiger partial charge < -0.3 is 9.84 Å². The molecule has 0 bridgehead atoms. The van der Waals surface area contributed by atoms with E-state index in [4.69, 9.17) is 16.1 Å². The Morgan fingerprint density at radius 2 is 2.25 bits per heavy atom. The molecule has 0 radical (unpaired) electrons. The molecule has 0 atom stereocenters. The highest BCUT2D eigenvalue weighted by molar-refractivity contribution is 6.32. The summed E-state index contributed by atoms with van der Waals surface area (Å²) in [6.45, 7) is 4.18. The quantitative estimate of drug-likeness (QED) is 0.874. The van der Waals surface area contributed by atoms with Gasteiger partial charge in [-0.05, 0) is 38.0 Å². The van der Waals surface area contributed by atoms with Crippen molar-refractivity contribution in [3.05, 3.63) is 40.2 Å². The number of nitrogens with zero attached hydrogens (tertiary/aromatic N) is 2. The largest absolute Gasteiger partial charge is 0.359 e. The average molecular weight is 292 g/mol. The predicted molar refractivity (Wildman–Crippen MR) is 77.5 cm³/mol. The van der Waals surface area contributed by atoms with Crippen LogP contribution in [0.15, 0.2) is 22.7 Å². The van der Waals surface area contributed by atoms with Gasteiger partial charge in [-0.15, -0.1) is 0 Å². The number of carbonyl (C=O) groups is 1. The maximum absolute atomic E-state index is 12.4. The molecule has 2 heterocycles. The van der Waals surface area contributed by atoms with Crippen molar-refractivity contribution >= 4 is 29.0 Å². The Kier molecular flexibility index (Phi) is 3.14. The SMILES string of the molecule is Cc1noc(C)c1NC(=O)N1CCc2c(Cl)cccc21. The molecule has 1 aromatic carbocycles. The predicted octanol–water partition coefficient (Wildman–Crippen LogP) is 3.54. The number of carbonyl (C=O) groups excluding carboxylic acids is 1. The minimum atomic E-state index is -0.194. The van der Waals surface area contributed by atoms with Gasteiger partial charge in [-0.1, -0.05) is 22.8 Å². The minimum absolute atomic E-state index is 0.194. The fraction of sp³-hybridized carbons (Fsp3) is 0.286. The van der Waals surface area contributed by atoms with Gasteiger partial charge in [-0.3, -0.25) is 4.90 Å². The molecule has 1 N–H and O–H groups in total. The summed E-state index contributed by atoms with van der Waals surface area (Å²) >= 11 is 6.15. The van der Waals surface area contributed by atoms with Crippen LogP contribution in [-0.2, 0) is 6.42 Å². The Morgan fingerprint density at radius 1 is 1.45 bits per heavy atom. The number of benzene rings is 1. The van der Waals surface area contributed by atoms with Crippen molar-refractivity contribution in [3.8, 4) is 0 Å². The zero-order valence-electron chi connectivity index (χ0n) is 11.2. The highest BCUT2D eigenvalue weighted by atomic mass is 35.5. The van der Waals surface area contributed by atoms with Crippen molar-refractivity contribution < 1.29 is 9.32 Å². The summed E-state index contributed by atoms with van der Waals surface area (Å²) in [6, 6.07) is 5.40. The molecule has 3 rings (SSSR count). The summed E-state index contributed by atoms with van der Waals surface area (Å²) in [7, 11) is 0. The maximum Gasteiger partial charge on any atom is 0.326 e. The van der Waals surface area contributed by atoms with E-state index in [1.165, 1.54) is 0 Å². The summed E-state index contributed by atoms with van der Waals surface area (Å²) in [6.07, 6.45) is 0.768. The smallest absolute Gasteiger partial charge is 0.326 e. The van der Waals surface area contributed by atoms with E-state index < -0.39 is 0 Å². The molecule has 0 aliphatic carbocycles. The Labute approximate surface area is 121 Å². The van der Waals surface area contributed by atoms with Crippen molar-refractivity contribution in [1.82, 2.24) is 5.16 Å². The van der Waals surface area contributed by atoms with Gasteiger partial charge in [0, 0.05) is 11.6 Å². The molecule has 2 aromatic rings. The van der Waals surface area contributed by atoms with Crippen LogP contribution in [0.5, 0.6) is 0 Å². The first-order valence-electron chi connectivity index (χ1n) is 6.36. The van der Waals surface area contributed by atoms with E-state index in [2.05, 4.69) is 10.5 Å². The second-order valence-corrected chi connectivity index (χ2v) is 5.18. The fourth-order valence-electron chi connectivity index (χ4n) is 2.44. The molecule has 1 aliphatic rings. The molecule has 0 spiro atoms. The zero-order chi connectivity index (χ0) is 14.3. The van der Waals surface area contributed by atoms with Crippen molar-refractivity contribution in [2.24, 2.45) is 0 Å². The topological polar surface area (TPSA) is 58.4 Å². The van der Waals surface area contributed by atoms with Crippen LogP contribution >= 0.6 is 11.6 Å². The van der Waals surface area contributed by atoms with E-state index in [1.54, 1.807) is 18.7 Å². The first kappa shape index (κ1) is 13.0. The van der Waals surface area contributed by atoms with Gasteiger partial charge in [0.1, 0.15) is 11.4 Å². The molecular weight excluding hydrogens is 278 g/mol. The van der Waals surface area contributed by atoms with Crippen LogP contribution in [0.3, 0.4) is 0 Å². The third kappa shape index (κ3) is 2.04. The van der Waals surface area contributed by atoms with Gasteiger partial charge in [-0.2, -0.15) is 0 Å². The van der Waals surface area contributed by atoms with Gasteiger partial charge >= 0.3 is 6.03 Å². The summed E-state index contributed by atoms with van der Waals surface area (Å²) in [5.41, 5.74) is 3.18. The van der Waals surface area contributed by atoms with Gasteiger partial charge in [-0.25, -0.2) is 4.79 Å². The Bertz CT molecular complexity index is 662. The minimum Gasteiger partial charge on any atom is -0.359 e. The molecule has 5 nitrogen and oxygen atoms in total. The third-order valence-electron chi connectivity index (χ3n) is 3.48. The Hall–Kier alpha value is -2.01. The van der Waals surface area contributed by atoms with E-state index in [0.717, 1.165) is 17.7 Å². The van der Waals surface area contributed by atoms with Crippen LogP contribution in [0.25, 0.3) is 0 Å².